The van der Waals surface area contributed by atoms with E-state index in [0.717, 1.165) is 44.9 Å². The number of aliphatic hydroxyl groups is 2. The quantitative estimate of drug-likeness (QED) is 0.0321. The fraction of sp³-hybridized carbons (Fsp3) is 0.898. The zero-order valence-electron chi connectivity index (χ0n) is 43.7. The van der Waals surface area contributed by atoms with E-state index in [1.807, 2.05) is 0 Å². The number of ether oxygens (including phenoxy) is 1. The first-order valence-corrected chi connectivity index (χ1v) is 29.1. The van der Waals surface area contributed by atoms with Crippen LogP contribution in [0.2, 0.25) is 0 Å². The third kappa shape index (κ3) is 51.6. The molecule has 65 heavy (non-hydrogen) atoms. The molecule has 0 bridgehead atoms. The van der Waals surface area contributed by atoms with Crippen LogP contribution in [0.5, 0.6) is 0 Å². The zero-order chi connectivity index (χ0) is 47.2. The van der Waals surface area contributed by atoms with Gasteiger partial charge in [-0.25, -0.2) is 0 Å². The van der Waals surface area contributed by atoms with Gasteiger partial charge in [0, 0.05) is 12.8 Å². The van der Waals surface area contributed by atoms with Crippen LogP contribution < -0.4 is 5.32 Å². The Kier molecular flexibility index (Phi) is 53.5. The summed E-state index contributed by atoms with van der Waals surface area (Å²) in [5.74, 6) is -0.0399. The highest BCUT2D eigenvalue weighted by molar-refractivity contribution is 5.76. The number of carbonyl (C=O) groups excluding carboxylic acids is 2. The van der Waals surface area contributed by atoms with Gasteiger partial charge in [0.2, 0.25) is 5.91 Å². The molecule has 0 aromatic carbocycles. The van der Waals surface area contributed by atoms with E-state index in [9.17, 15) is 19.8 Å². The van der Waals surface area contributed by atoms with E-state index in [1.165, 1.54) is 238 Å². The van der Waals surface area contributed by atoms with Crippen molar-refractivity contribution < 1.29 is 24.5 Å². The molecule has 3 N–H and O–H groups in total. The molecular formula is C59H113NO5. The third-order valence-electron chi connectivity index (χ3n) is 13.5. The molecule has 0 heterocycles. The van der Waals surface area contributed by atoms with Gasteiger partial charge in [-0.15, -0.1) is 0 Å². The molecule has 0 aromatic rings. The fourth-order valence-electron chi connectivity index (χ4n) is 8.97. The van der Waals surface area contributed by atoms with E-state index >= 15 is 0 Å². The SMILES string of the molecule is CCCC/C=C\CCCCCCCC(=O)OCCCCCCCCCCCCCC/C=C\CCCCCCCCCC(=O)NC(CO)C(O)CCCCCCCCCCCCCCCC. The Balaban J connectivity index is 3.41. The van der Waals surface area contributed by atoms with Gasteiger partial charge in [0.1, 0.15) is 0 Å². The Labute approximate surface area is 405 Å². The van der Waals surface area contributed by atoms with Gasteiger partial charge >= 0.3 is 5.97 Å². The molecule has 0 fully saturated rings. The molecule has 6 heteroatoms. The lowest BCUT2D eigenvalue weighted by atomic mass is 10.0. The van der Waals surface area contributed by atoms with Crippen molar-refractivity contribution in [2.45, 2.75) is 328 Å². The summed E-state index contributed by atoms with van der Waals surface area (Å²) in [6, 6.07) is -0.545. The van der Waals surface area contributed by atoms with Gasteiger partial charge in [-0.1, -0.05) is 256 Å². The van der Waals surface area contributed by atoms with E-state index in [-0.39, 0.29) is 18.5 Å². The van der Waals surface area contributed by atoms with Crippen molar-refractivity contribution in [2.75, 3.05) is 13.2 Å². The largest absolute Gasteiger partial charge is 0.466 e. The molecule has 2 unspecified atom stereocenters. The number of carbonyl (C=O) groups is 2. The Morgan fingerprint density at radius 3 is 1.14 bits per heavy atom. The molecule has 1 amide bonds. The van der Waals surface area contributed by atoms with E-state index in [0.29, 0.717) is 25.9 Å². The van der Waals surface area contributed by atoms with Crippen LogP contribution in [0, 0.1) is 0 Å². The van der Waals surface area contributed by atoms with E-state index in [4.69, 9.17) is 4.74 Å². The Morgan fingerprint density at radius 1 is 0.415 bits per heavy atom. The predicted octanol–water partition coefficient (Wildman–Crippen LogP) is 17.9. The second kappa shape index (κ2) is 54.9. The van der Waals surface area contributed by atoms with Gasteiger partial charge in [0.15, 0.2) is 0 Å². The number of amides is 1. The second-order valence-corrected chi connectivity index (χ2v) is 20.0. The summed E-state index contributed by atoms with van der Waals surface area (Å²) < 4.78 is 5.45. The Hall–Kier alpha value is -1.66. The van der Waals surface area contributed by atoms with Crippen molar-refractivity contribution in [1.29, 1.82) is 0 Å². The molecule has 0 radical (unpaired) electrons. The van der Waals surface area contributed by atoms with Crippen LogP contribution in [0.3, 0.4) is 0 Å². The molecule has 0 rings (SSSR count). The molecule has 0 aliphatic rings. The number of hydrogen-bond donors (Lipinski definition) is 3. The highest BCUT2D eigenvalue weighted by atomic mass is 16.5. The number of unbranched alkanes of at least 4 members (excludes halogenated alkanes) is 39. The first-order valence-electron chi connectivity index (χ1n) is 29.1. The lowest BCUT2D eigenvalue weighted by Gasteiger charge is -2.22. The minimum Gasteiger partial charge on any atom is -0.466 e. The average molecular weight is 917 g/mol. The molecule has 0 aliphatic heterocycles. The second-order valence-electron chi connectivity index (χ2n) is 20.0. The fourth-order valence-corrected chi connectivity index (χ4v) is 8.97. The highest BCUT2D eigenvalue weighted by Crippen LogP contribution is 2.17. The molecule has 0 aliphatic carbocycles. The third-order valence-corrected chi connectivity index (χ3v) is 13.5. The average Bonchev–Trinajstić information content (AvgIpc) is 3.31. The van der Waals surface area contributed by atoms with Crippen LogP contribution in [0.1, 0.15) is 316 Å². The van der Waals surface area contributed by atoms with Crippen LogP contribution >= 0.6 is 0 Å². The summed E-state index contributed by atoms with van der Waals surface area (Å²) in [6.07, 6.45) is 66.0. The Morgan fingerprint density at radius 2 is 0.738 bits per heavy atom. The molecule has 0 spiro atoms. The van der Waals surface area contributed by atoms with Gasteiger partial charge < -0.3 is 20.3 Å². The maximum Gasteiger partial charge on any atom is 0.305 e. The van der Waals surface area contributed by atoms with Crippen molar-refractivity contribution in [3.8, 4) is 0 Å². The minimum atomic E-state index is -0.667. The summed E-state index contributed by atoms with van der Waals surface area (Å²) in [6.45, 7) is 4.92. The number of nitrogens with one attached hydrogen (secondary N) is 1. The summed E-state index contributed by atoms with van der Waals surface area (Å²) in [5.41, 5.74) is 0. The lowest BCUT2D eigenvalue weighted by Crippen LogP contribution is -2.45. The molecule has 0 saturated heterocycles. The number of rotatable bonds is 54. The summed E-state index contributed by atoms with van der Waals surface area (Å²) in [5, 5.41) is 23.2. The maximum atomic E-state index is 12.5. The summed E-state index contributed by atoms with van der Waals surface area (Å²) in [7, 11) is 0. The van der Waals surface area contributed by atoms with E-state index in [1.54, 1.807) is 0 Å². The smallest absolute Gasteiger partial charge is 0.305 e. The van der Waals surface area contributed by atoms with E-state index in [2.05, 4.69) is 43.5 Å². The van der Waals surface area contributed by atoms with Crippen LogP contribution in [-0.2, 0) is 14.3 Å². The molecule has 384 valence electrons. The standard InChI is InChI=1S/C59H113NO5/c1-3-5-7-9-11-13-15-16-28-32-35-39-43-47-51-57(62)56(55-61)60-58(63)52-48-44-40-36-33-29-26-24-22-20-18-17-19-21-23-25-27-30-34-38-42-46-50-54-65-59(64)53-49-45-41-37-31-14-12-10-8-6-4-2/h10,12,20,22,56-57,61-62H,3-9,11,13-19,21,23-55H2,1-2H3,(H,60,63)/b12-10-,22-20-. The lowest BCUT2D eigenvalue weighted by molar-refractivity contribution is -0.143. The molecule has 0 aromatic heterocycles. The normalized spacial score (nSPS) is 12.7. The first kappa shape index (κ1) is 63.3. The van der Waals surface area contributed by atoms with Gasteiger partial charge in [0.05, 0.1) is 25.4 Å². The van der Waals surface area contributed by atoms with Crippen LogP contribution in [0.25, 0.3) is 0 Å². The Bertz CT molecular complexity index is 1010. The molecular weight excluding hydrogens is 803 g/mol. The van der Waals surface area contributed by atoms with Crippen molar-refractivity contribution in [3.63, 3.8) is 0 Å². The van der Waals surface area contributed by atoms with Crippen LogP contribution in [-0.4, -0.2) is 47.4 Å². The van der Waals surface area contributed by atoms with Gasteiger partial charge in [-0.05, 0) is 70.6 Å². The summed E-state index contributed by atoms with van der Waals surface area (Å²) in [4.78, 5) is 24.4. The summed E-state index contributed by atoms with van der Waals surface area (Å²) >= 11 is 0. The van der Waals surface area contributed by atoms with Crippen molar-refractivity contribution in [1.82, 2.24) is 5.32 Å². The van der Waals surface area contributed by atoms with Gasteiger partial charge in [0.25, 0.3) is 0 Å². The molecule has 2 atom stereocenters. The minimum absolute atomic E-state index is 0.000415. The number of aliphatic hydroxyl groups excluding tert-OH is 2. The van der Waals surface area contributed by atoms with Crippen molar-refractivity contribution in [3.05, 3.63) is 24.3 Å². The van der Waals surface area contributed by atoms with Crippen LogP contribution in [0.15, 0.2) is 24.3 Å². The topological polar surface area (TPSA) is 95.9 Å². The first-order chi connectivity index (χ1) is 32.0. The zero-order valence-corrected chi connectivity index (χ0v) is 43.7. The number of allylic oxidation sites excluding steroid dienone is 4. The van der Waals surface area contributed by atoms with Gasteiger partial charge in [-0.3, -0.25) is 9.59 Å². The molecule has 6 nitrogen and oxygen atoms in total. The number of esters is 1. The number of hydrogen-bond acceptors (Lipinski definition) is 5. The maximum absolute atomic E-state index is 12.5. The molecule has 0 saturated carbocycles. The predicted molar refractivity (Wildman–Crippen MR) is 283 cm³/mol. The van der Waals surface area contributed by atoms with Crippen molar-refractivity contribution in [2.24, 2.45) is 0 Å². The van der Waals surface area contributed by atoms with E-state index < -0.39 is 12.1 Å². The highest BCUT2D eigenvalue weighted by Gasteiger charge is 2.20. The van der Waals surface area contributed by atoms with Crippen LogP contribution in [0.4, 0.5) is 0 Å². The van der Waals surface area contributed by atoms with Gasteiger partial charge in [-0.2, -0.15) is 0 Å². The monoisotopic (exact) mass is 916 g/mol. The van der Waals surface area contributed by atoms with Crippen molar-refractivity contribution >= 4 is 11.9 Å².